The lowest BCUT2D eigenvalue weighted by Crippen LogP contribution is -2.35. The molecular weight excluding hydrogens is 224 g/mol. The molecule has 2 rings (SSSR count). The molecule has 1 aliphatic carbocycles. The van der Waals surface area contributed by atoms with Crippen LogP contribution in [0.25, 0.3) is 0 Å². The van der Waals surface area contributed by atoms with E-state index in [1.54, 1.807) is 6.20 Å². The molecule has 3 N–H and O–H groups in total. The van der Waals surface area contributed by atoms with E-state index in [1.807, 2.05) is 4.68 Å². The van der Waals surface area contributed by atoms with Crippen LogP contribution in [0.4, 0.5) is 0 Å². The minimum absolute atomic E-state index is 0.106. The van der Waals surface area contributed by atoms with Crippen LogP contribution >= 0.6 is 11.6 Å². The van der Waals surface area contributed by atoms with Crippen molar-refractivity contribution in [3.8, 4) is 0 Å². The van der Waals surface area contributed by atoms with Crippen LogP contribution < -0.4 is 11.3 Å². The van der Waals surface area contributed by atoms with Gasteiger partial charge in [-0.25, -0.2) is 0 Å². The Morgan fingerprint density at radius 2 is 2.38 bits per heavy atom. The van der Waals surface area contributed by atoms with E-state index >= 15 is 0 Å². The van der Waals surface area contributed by atoms with Crippen LogP contribution in [0.15, 0.2) is 6.20 Å². The number of hydrogen-bond donors (Lipinski definition) is 2. The van der Waals surface area contributed by atoms with E-state index < -0.39 is 0 Å². The second kappa shape index (κ2) is 4.35. The molecule has 0 aromatic carbocycles. The third-order valence-corrected chi connectivity index (χ3v) is 3.74. The molecule has 1 aromatic heterocycles. The lowest BCUT2D eigenvalue weighted by atomic mass is 9.96. The monoisotopic (exact) mass is 242 g/mol. The second-order valence-electron chi connectivity index (χ2n) is 4.85. The van der Waals surface area contributed by atoms with Crippen LogP contribution in [0, 0.1) is 5.41 Å². The number of hydrogen-bond acceptors (Lipinski definition) is 3. The Labute approximate surface area is 101 Å². The van der Waals surface area contributed by atoms with Crippen molar-refractivity contribution < 1.29 is 0 Å². The first-order chi connectivity index (χ1) is 7.62. The number of rotatable bonds is 5. The number of halogens is 1. The number of hydrazine groups is 1. The van der Waals surface area contributed by atoms with Crippen molar-refractivity contribution in [2.24, 2.45) is 11.3 Å². The number of aromatic nitrogens is 2. The summed E-state index contributed by atoms with van der Waals surface area (Å²) in [7, 11) is 0. The highest BCUT2D eigenvalue weighted by Gasteiger charge is 2.47. The number of nitrogens with zero attached hydrogens (tertiary/aromatic N) is 2. The minimum atomic E-state index is 0.106. The summed E-state index contributed by atoms with van der Waals surface area (Å²) in [5.74, 6) is 5.67. The number of nitrogens with one attached hydrogen (secondary N) is 1. The van der Waals surface area contributed by atoms with E-state index in [9.17, 15) is 0 Å². The fourth-order valence-electron chi connectivity index (χ4n) is 2.14. The zero-order valence-corrected chi connectivity index (χ0v) is 10.6. The van der Waals surface area contributed by atoms with Gasteiger partial charge < -0.3 is 0 Å². The summed E-state index contributed by atoms with van der Waals surface area (Å²) in [6, 6.07) is 0.106. The summed E-state index contributed by atoms with van der Waals surface area (Å²) in [4.78, 5) is 0. The van der Waals surface area contributed by atoms with Crippen molar-refractivity contribution >= 4 is 11.6 Å². The summed E-state index contributed by atoms with van der Waals surface area (Å²) < 4.78 is 1.97. The van der Waals surface area contributed by atoms with E-state index in [1.165, 1.54) is 12.8 Å². The molecule has 0 saturated heterocycles. The molecule has 1 saturated carbocycles. The van der Waals surface area contributed by atoms with Gasteiger partial charge >= 0.3 is 0 Å². The highest BCUT2D eigenvalue weighted by Crippen LogP contribution is 2.54. The maximum atomic E-state index is 6.21. The average Bonchev–Trinajstić information content (AvgIpc) is 2.90. The van der Waals surface area contributed by atoms with Gasteiger partial charge in [0.2, 0.25) is 0 Å². The molecule has 4 nitrogen and oxygen atoms in total. The van der Waals surface area contributed by atoms with Crippen LogP contribution in [0.3, 0.4) is 0 Å². The fraction of sp³-hybridized carbons (Fsp3) is 0.727. The van der Waals surface area contributed by atoms with Gasteiger partial charge in [-0.15, -0.1) is 0 Å². The summed E-state index contributed by atoms with van der Waals surface area (Å²) >= 11 is 6.21. The van der Waals surface area contributed by atoms with Crippen molar-refractivity contribution in [1.29, 1.82) is 0 Å². The zero-order chi connectivity index (χ0) is 11.8. The van der Waals surface area contributed by atoms with Gasteiger partial charge in [0.1, 0.15) is 0 Å². The molecule has 1 unspecified atom stereocenters. The number of nitrogens with two attached hydrogens (primary N) is 1. The molecule has 0 aliphatic heterocycles. The molecule has 1 atom stereocenters. The van der Waals surface area contributed by atoms with Crippen LogP contribution in [0.5, 0.6) is 0 Å². The predicted molar refractivity (Wildman–Crippen MR) is 64.9 cm³/mol. The van der Waals surface area contributed by atoms with Crippen LogP contribution in [0.1, 0.15) is 44.8 Å². The molecule has 0 bridgehead atoms. The Morgan fingerprint density at radius 3 is 2.88 bits per heavy atom. The summed E-state index contributed by atoms with van der Waals surface area (Å²) in [5, 5.41) is 5.02. The first kappa shape index (κ1) is 11.9. The van der Waals surface area contributed by atoms with Crippen LogP contribution in [-0.2, 0) is 6.54 Å². The molecule has 0 spiro atoms. The van der Waals surface area contributed by atoms with Gasteiger partial charge in [0.15, 0.2) is 0 Å². The van der Waals surface area contributed by atoms with Crippen molar-refractivity contribution in [2.75, 3.05) is 0 Å². The molecule has 5 heteroatoms. The van der Waals surface area contributed by atoms with E-state index in [2.05, 4.69) is 24.4 Å². The van der Waals surface area contributed by atoms with E-state index in [4.69, 9.17) is 17.4 Å². The second-order valence-corrected chi connectivity index (χ2v) is 5.26. The molecule has 1 aliphatic rings. The first-order valence-corrected chi connectivity index (χ1v) is 6.17. The van der Waals surface area contributed by atoms with E-state index in [0.29, 0.717) is 5.02 Å². The van der Waals surface area contributed by atoms with Gasteiger partial charge in [-0.1, -0.05) is 25.4 Å². The average molecular weight is 243 g/mol. The highest BCUT2D eigenvalue weighted by atomic mass is 35.5. The third-order valence-electron chi connectivity index (χ3n) is 3.44. The van der Waals surface area contributed by atoms with Gasteiger partial charge in [0, 0.05) is 6.54 Å². The van der Waals surface area contributed by atoms with E-state index in [0.717, 1.165) is 18.7 Å². The fourth-order valence-corrected chi connectivity index (χ4v) is 2.40. The molecule has 90 valence electrons. The summed E-state index contributed by atoms with van der Waals surface area (Å²) in [6.45, 7) is 5.25. The van der Waals surface area contributed by atoms with Crippen LogP contribution in [0.2, 0.25) is 5.02 Å². The maximum Gasteiger partial charge on any atom is 0.0834 e. The first-order valence-electron chi connectivity index (χ1n) is 5.79. The topological polar surface area (TPSA) is 55.9 Å². The maximum absolute atomic E-state index is 6.21. The largest absolute Gasteiger partial charge is 0.271 e. The summed E-state index contributed by atoms with van der Waals surface area (Å²) in [5.41, 5.74) is 4.17. The Bertz CT molecular complexity index is 370. The molecule has 16 heavy (non-hydrogen) atoms. The normalized spacial score (nSPS) is 19.8. The SMILES string of the molecule is CCCn1ncc(Cl)c1C(NN)C1(C)CC1. The number of aryl methyl sites for hydroxylation is 1. The Kier molecular flexibility index (Phi) is 3.24. The molecule has 1 heterocycles. The van der Waals surface area contributed by atoms with Crippen molar-refractivity contribution in [1.82, 2.24) is 15.2 Å². The summed E-state index contributed by atoms with van der Waals surface area (Å²) in [6.07, 6.45) is 5.13. The molecule has 0 amide bonds. The Balaban J connectivity index is 2.32. The van der Waals surface area contributed by atoms with Gasteiger partial charge in [-0.2, -0.15) is 5.10 Å². The Morgan fingerprint density at radius 1 is 1.69 bits per heavy atom. The van der Waals surface area contributed by atoms with Gasteiger partial charge in [-0.05, 0) is 24.7 Å². The minimum Gasteiger partial charge on any atom is -0.271 e. The lowest BCUT2D eigenvalue weighted by Gasteiger charge is -2.24. The smallest absolute Gasteiger partial charge is 0.0834 e. The molecular formula is C11H19ClN4. The van der Waals surface area contributed by atoms with Gasteiger partial charge in [0.25, 0.3) is 0 Å². The highest BCUT2D eigenvalue weighted by molar-refractivity contribution is 6.31. The molecule has 1 aromatic rings. The van der Waals surface area contributed by atoms with Crippen molar-refractivity contribution in [3.63, 3.8) is 0 Å². The lowest BCUT2D eigenvalue weighted by molar-refractivity contribution is 0.346. The molecule has 0 radical (unpaired) electrons. The van der Waals surface area contributed by atoms with E-state index in [-0.39, 0.29) is 11.5 Å². The Hall–Kier alpha value is -0.580. The van der Waals surface area contributed by atoms with Crippen LogP contribution in [-0.4, -0.2) is 9.78 Å². The van der Waals surface area contributed by atoms with Crippen molar-refractivity contribution in [2.45, 2.75) is 45.7 Å². The molecule has 1 fully saturated rings. The standard InChI is InChI=1S/C11H19ClN4/c1-3-6-16-9(8(12)7-14-16)10(15-13)11(2)4-5-11/h7,10,15H,3-6,13H2,1-2H3. The van der Waals surface area contributed by atoms with Gasteiger partial charge in [-0.3, -0.25) is 16.0 Å². The zero-order valence-electron chi connectivity index (χ0n) is 9.83. The predicted octanol–water partition coefficient (Wildman–Crippen LogP) is 2.25. The van der Waals surface area contributed by atoms with Gasteiger partial charge in [0.05, 0.1) is 23.0 Å². The third kappa shape index (κ3) is 1.97. The van der Waals surface area contributed by atoms with Crippen molar-refractivity contribution in [3.05, 3.63) is 16.9 Å². The quantitative estimate of drug-likeness (QED) is 0.615.